The molecule has 1 atom stereocenters. The summed E-state index contributed by atoms with van der Waals surface area (Å²) < 4.78 is 5.99. The molecule has 1 aliphatic heterocycles. The first-order valence-corrected chi connectivity index (χ1v) is 6.78. The van der Waals surface area contributed by atoms with Crippen LogP contribution in [0.4, 0.5) is 5.82 Å². The molecular formula is C13H19ClN4O2. The molecule has 6 nitrogen and oxygen atoms in total. The zero-order valence-electron chi connectivity index (χ0n) is 12.0. The molecule has 1 fully saturated rings. The van der Waals surface area contributed by atoms with Gasteiger partial charge in [-0.25, -0.2) is 0 Å². The van der Waals surface area contributed by atoms with Gasteiger partial charge in [-0.3, -0.25) is 4.79 Å². The Balaban J connectivity index is 2.29. The van der Waals surface area contributed by atoms with Crippen molar-refractivity contribution in [3.05, 3.63) is 16.8 Å². The Labute approximate surface area is 123 Å². The SMILES string of the molecule is CC1(C)CC(Nc2nnc(Cl)cc2C(N)=O)C(C)(C)O1. The number of aromatic nitrogens is 2. The summed E-state index contributed by atoms with van der Waals surface area (Å²) in [5.74, 6) is -0.262. The normalized spacial score (nSPS) is 23.6. The number of rotatable bonds is 3. The number of primary amides is 1. The molecular weight excluding hydrogens is 280 g/mol. The van der Waals surface area contributed by atoms with E-state index in [-0.39, 0.29) is 28.0 Å². The number of nitrogens with one attached hydrogen (secondary N) is 1. The van der Waals surface area contributed by atoms with E-state index in [1.807, 2.05) is 27.7 Å². The number of anilines is 1. The van der Waals surface area contributed by atoms with Gasteiger partial charge >= 0.3 is 0 Å². The zero-order chi connectivity index (χ0) is 15.1. The van der Waals surface area contributed by atoms with E-state index >= 15 is 0 Å². The molecule has 0 spiro atoms. The van der Waals surface area contributed by atoms with E-state index in [4.69, 9.17) is 22.1 Å². The van der Waals surface area contributed by atoms with E-state index in [9.17, 15) is 4.79 Å². The van der Waals surface area contributed by atoms with E-state index in [1.54, 1.807) is 0 Å². The van der Waals surface area contributed by atoms with Crippen LogP contribution in [-0.4, -0.2) is 33.3 Å². The van der Waals surface area contributed by atoms with E-state index < -0.39 is 5.91 Å². The minimum absolute atomic E-state index is 0.00826. The van der Waals surface area contributed by atoms with Gasteiger partial charge in [0.15, 0.2) is 11.0 Å². The van der Waals surface area contributed by atoms with Crippen LogP contribution in [0.1, 0.15) is 44.5 Å². The molecule has 110 valence electrons. The van der Waals surface area contributed by atoms with E-state index in [0.29, 0.717) is 5.82 Å². The van der Waals surface area contributed by atoms with E-state index in [2.05, 4.69) is 15.5 Å². The minimum Gasteiger partial charge on any atom is -0.367 e. The standard InChI is InChI=1S/C13H19ClN4O2/c1-12(2)6-8(13(3,4)20-12)16-11-7(10(15)19)5-9(14)17-18-11/h5,8H,6H2,1-4H3,(H2,15,19)(H,16,18). The van der Waals surface area contributed by atoms with Crippen LogP contribution < -0.4 is 11.1 Å². The molecule has 2 rings (SSSR count). The molecule has 3 N–H and O–H groups in total. The lowest BCUT2D eigenvalue weighted by Crippen LogP contribution is -2.39. The summed E-state index contributed by atoms with van der Waals surface area (Å²) in [6.07, 6.45) is 0.780. The second kappa shape index (κ2) is 4.86. The molecule has 0 saturated carbocycles. The Bertz CT molecular complexity index is 545. The summed E-state index contributed by atoms with van der Waals surface area (Å²) in [5, 5.41) is 11.0. The zero-order valence-corrected chi connectivity index (χ0v) is 12.8. The van der Waals surface area contributed by atoms with E-state index in [1.165, 1.54) is 6.07 Å². The highest BCUT2D eigenvalue weighted by Crippen LogP contribution is 2.38. The molecule has 2 heterocycles. The predicted octanol–water partition coefficient (Wildman–Crippen LogP) is 1.99. The van der Waals surface area contributed by atoms with Gasteiger partial charge in [0, 0.05) is 0 Å². The van der Waals surface area contributed by atoms with E-state index in [0.717, 1.165) is 6.42 Å². The first kappa shape index (κ1) is 15.0. The van der Waals surface area contributed by atoms with Gasteiger partial charge in [0.2, 0.25) is 0 Å². The van der Waals surface area contributed by atoms with Crippen LogP contribution in [0.2, 0.25) is 5.15 Å². The molecule has 0 radical (unpaired) electrons. The number of nitrogens with two attached hydrogens (primary N) is 1. The highest BCUT2D eigenvalue weighted by atomic mass is 35.5. The number of amides is 1. The quantitative estimate of drug-likeness (QED) is 0.890. The van der Waals surface area contributed by atoms with Crippen LogP contribution >= 0.6 is 11.6 Å². The Morgan fingerprint density at radius 1 is 1.45 bits per heavy atom. The van der Waals surface area contributed by atoms with Gasteiger partial charge in [-0.15, -0.1) is 10.2 Å². The second-order valence-electron chi connectivity index (χ2n) is 6.16. The van der Waals surface area contributed by atoms with Gasteiger partial charge in [-0.05, 0) is 40.2 Å². The maximum Gasteiger partial charge on any atom is 0.252 e. The van der Waals surface area contributed by atoms with Crippen molar-refractivity contribution in [3.8, 4) is 0 Å². The molecule has 1 amide bonds. The van der Waals surface area contributed by atoms with Crippen molar-refractivity contribution >= 4 is 23.3 Å². The predicted molar refractivity (Wildman–Crippen MR) is 76.8 cm³/mol. The molecule has 1 unspecified atom stereocenters. The Morgan fingerprint density at radius 2 is 2.10 bits per heavy atom. The molecule has 1 saturated heterocycles. The number of carbonyl (C=O) groups is 1. The number of ether oxygens (including phenoxy) is 1. The Hall–Kier alpha value is -1.40. The minimum atomic E-state index is -0.597. The van der Waals surface area contributed by atoms with Gasteiger partial charge in [0.05, 0.1) is 22.8 Å². The van der Waals surface area contributed by atoms with Crippen LogP contribution in [-0.2, 0) is 4.74 Å². The fourth-order valence-electron chi connectivity index (χ4n) is 2.61. The van der Waals surface area contributed by atoms with Crippen LogP contribution in [0.5, 0.6) is 0 Å². The fourth-order valence-corrected chi connectivity index (χ4v) is 2.76. The number of hydrogen-bond donors (Lipinski definition) is 2. The lowest BCUT2D eigenvalue weighted by atomic mass is 9.94. The monoisotopic (exact) mass is 298 g/mol. The third-order valence-corrected chi connectivity index (χ3v) is 3.60. The molecule has 1 aromatic heterocycles. The second-order valence-corrected chi connectivity index (χ2v) is 6.55. The average molecular weight is 299 g/mol. The summed E-state index contributed by atoms with van der Waals surface area (Å²) in [6.45, 7) is 8.04. The molecule has 20 heavy (non-hydrogen) atoms. The molecule has 1 aliphatic rings. The Morgan fingerprint density at radius 3 is 2.60 bits per heavy atom. The average Bonchev–Trinajstić information content (AvgIpc) is 2.48. The van der Waals surface area contributed by atoms with Crippen molar-refractivity contribution in [3.63, 3.8) is 0 Å². The van der Waals surface area contributed by atoms with Crippen molar-refractivity contribution in [2.45, 2.75) is 51.4 Å². The Kier molecular flexibility index (Phi) is 3.64. The maximum atomic E-state index is 11.5. The largest absolute Gasteiger partial charge is 0.367 e. The summed E-state index contributed by atoms with van der Waals surface area (Å²) in [5.41, 5.74) is 4.94. The molecule has 0 aromatic carbocycles. The third kappa shape index (κ3) is 3.02. The summed E-state index contributed by atoms with van der Waals surface area (Å²) in [7, 11) is 0. The molecule has 1 aromatic rings. The van der Waals surface area contributed by atoms with Gasteiger partial charge < -0.3 is 15.8 Å². The topological polar surface area (TPSA) is 90.1 Å². The van der Waals surface area contributed by atoms with Gasteiger partial charge in [-0.2, -0.15) is 0 Å². The van der Waals surface area contributed by atoms with Crippen molar-refractivity contribution in [1.82, 2.24) is 10.2 Å². The molecule has 7 heteroatoms. The highest BCUT2D eigenvalue weighted by Gasteiger charge is 2.46. The smallest absolute Gasteiger partial charge is 0.252 e. The lowest BCUT2D eigenvalue weighted by Gasteiger charge is -2.28. The molecule has 0 bridgehead atoms. The summed E-state index contributed by atoms with van der Waals surface area (Å²) in [4.78, 5) is 11.5. The van der Waals surface area contributed by atoms with Crippen LogP contribution in [0.3, 0.4) is 0 Å². The number of hydrogen-bond acceptors (Lipinski definition) is 5. The van der Waals surface area contributed by atoms with Crippen LogP contribution in [0.15, 0.2) is 6.07 Å². The summed E-state index contributed by atoms with van der Waals surface area (Å²) in [6, 6.07) is 1.40. The molecule has 0 aliphatic carbocycles. The highest BCUT2D eigenvalue weighted by molar-refractivity contribution is 6.29. The van der Waals surface area contributed by atoms with Crippen molar-refractivity contribution < 1.29 is 9.53 Å². The van der Waals surface area contributed by atoms with Crippen molar-refractivity contribution in [2.75, 3.05) is 5.32 Å². The fraction of sp³-hybridized carbons (Fsp3) is 0.615. The third-order valence-electron chi connectivity index (χ3n) is 3.41. The van der Waals surface area contributed by atoms with Gasteiger partial charge in [0.25, 0.3) is 5.91 Å². The van der Waals surface area contributed by atoms with Gasteiger partial charge in [-0.1, -0.05) is 11.6 Å². The van der Waals surface area contributed by atoms with Gasteiger partial charge in [0.1, 0.15) is 0 Å². The first-order valence-electron chi connectivity index (χ1n) is 6.40. The lowest BCUT2D eigenvalue weighted by molar-refractivity contribution is -0.0662. The maximum absolute atomic E-state index is 11.5. The number of nitrogens with zero attached hydrogens (tertiary/aromatic N) is 2. The summed E-state index contributed by atoms with van der Waals surface area (Å²) >= 11 is 5.75. The number of carbonyl (C=O) groups excluding carboxylic acids is 1. The van der Waals surface area contributed by atoms with Crippen molar-refractivity contribution in [1.29, 1.82) is 0 Å². The van der Waals surface area contributed by atoms with Crippen LogP contribution in [0.25, 0.3) is 0 Å². The number of halogens is 1. The first-order chi connectivity index (χ1) is 9.11. The van der Waals surface area contributed by atoms with Crippen LogP contribution in [0, 0.1) is 0 Å². The van der Waals surface area contributed by atoms with Crippen molar-refractivity contribution in [2.24, 2.45) is 5.73 Å².